The van der Waals surface area contributed by atoms with E-state index in [-0.39, 0.29) is 5.91 Å². The number of rotatable bonds is 2. The summed E-state index contributed by atoms with van der Waals surface area (Å²) in [5.74, 6) is -0.132. The van der Waals surface area contributed by atoms with Gasteiger partial charge in [-0.3, -0.25) is 9.89 Å². The van der Waals surface area contributed by atoms with Crippen LogP contribution in [-0.4, -0.2) is 16.1 Å². The van der Waals surface area contributed by atoms with Gasteiger partial charge in [-0.05, 0) is 42.8 Å². The van der Waals surface area contributed by atoms with Crippen molar-refractivity contribution in [3.8, 4) is 0 Å². The quantitative estimate of drug-likeness (QED) is 0.749. The highest BCUT2D eigenvalue weighted by Crippen LogP contribution is 2.21. The first-order chi connectivity index (χ1) is 9.63. The Balaban J connectivity index is 1.88. The predicted molar refractivity (Wildman–Crippen MR) is 82.9 cm³/mol. The number of fused-ring (bicyclic) bond motifs is 1. The first-order valence-electron chi connectivity index (χ1n) is 6.14. The molecule has 5 heteroatoms. The van der Waals surface area contributed by atoms with Crippen molar-refractivity contribution in [3.05, 3.63) is 58.2 Å². The summed E-state index contributed by atoms with van der Waals surface area (Å²) in [5.41, 5.74) is 3.27. The fraction of sp³-hybridized carbons (Fsp3) is 0.0667. The zero-order valence-electron chi connectivity index (χ0n) is 10.8. The smallest absolute Gasteiger partial charge is 0.255 e. The van der Waals surface area contributed by atoms with Crippen LogP contribution in [0.25, 0.3) is 10.9 Å². The molecule has 0 fully saturated rings. The van der Waals surface area contributed by atoms with Crippen LogP contribution in [0.3, 0.4) is 0 Å². The van der Waals surface area contributed by atoms with Crippen molar-refractivity contribution in [1.29, 1.82) is 0 Å². The number of anilines is 1. The van der Waals surface area contributed by atoms with Gasteiger partial charge in [0, 0.05) is 21.1 Å². The van der Waals surface area contributed by atoms with Gasteiger partial charge in [-0.1, -0.05) is 22.0 Å². The van der Waals surface area contributed by atoms with Gasteiger partial charge in [-0.25, -0.2) is 0 Å². The van der Waals surface area contributed by atoms with E-state index in [4.69, 9.17) is 0 Å². The summed E-state index contributed by atoms with van der Waals surface area (Å²) in [5, 5.41) is 10.7. The van der Waals surface area contributed by atoms with Crippen LogP contribution in [0.2, 0.25) is 0 Å². The molecule has 1 amide bonds. The Morgan fingerprint density at radius 2 is 2.10 bits per heavy atom. The van der Waals surface area contributed by atoms with Crippen molar-refractivity contribution in [2.75, 3.05) is 5.32 Å². The third-order valence-corrected chi connectivity index (χ3v) is 3.63. The number of aromatic nitrogens is 2. The van der Waals surface area contributed by atoms with Crippen molar-refractivity contribution in [1.82, 2.24) is 10.2 Å². The summed E-state index contributed by atoms with van der Waals surface area (Å²) in [6.07, 6.45) is 1.73. The predicted octanol–water partition coefficient (Wildman–Crippen LogP) is 3.89. The molecule has 0 atom stereocenters. The molecule has 0 aliphatic carbocycles. The van der Waals surface area contributed by atoms with Crippen molar-refractivity contribution in [2.24, 2.45) is 0 Å². The van der Waals surface area contributed by atoms with E-state index >= 15 is 0 Å². The molecule has 0 saturated heterocycles. The highest BCUT2D eigenvalue weighted by molar-refractivity contribution is 9.10. The van der Waals surface area contributed by atoms with Crippen LogP contribution in [0.1, 0.15) is 15.9 Å². The minimum atomic E-state index is -0.132. The number of amides is 1. The second-order valence-electron chi connectivity index (χ2n) is 4.59. The van der Waals surface area contributed by atoms with Gasteiger partial charge in [0.25, 0.3) is 5.91 Å². The molecule has 3 rings (SSSR count). The lowest BCUT2D eigenvalue weighted by atomic mass is 10.1. The number of aryl methyl sites for hydroxylation is 1. The molecule has 20 heavy (non-hydrogen) atoms. The molecule has 100 valence electrons. The first-order valence-corrected chi connectivity index (χ1v) is 6.93. The zero-order valence-corrected chi connectivity index (χ0v) is 12.4. The first kappa shape index (κ1) is 12.9. The van der Waals surface area contributed by atoms with Gasteiger partial charge < -0.3 is 5.32 Å². The minimum absolute atomic E-state index is 0.132. The molecule has 2 aromatic carbocycles. The van der Waals surface area contributed by atoms with E-state index in [9.17, 15) is 4.79 Å². The number of hydrogen-bond donors (Lipinski definition) is 2. The maximum Gasteiger partial charge on any atom is 0.255 e. The maximum absolute atomic E-state index is 12.3. The summed E-state index contributed by atoms with van der Waals surface area (Å²) >= 11 is 3.41. The largest absolute Gasteiger partial charge is 0.322 e. The number of carbonyl (C=O) groups is 1. The monoisotopic (exact) mass is 329 g/mol. The molecule has 0 radical (unpaired) electrons. The van der Waals surface area contributed by atoms with E-state index < -0.39 is 0 Å². The van der Waals surface area contributed by atoms with Crippen molar-refractivity contribution >= 4 is 38.4 Å². The lowest BCUT2D eigenvalue weighted by Gasteiger charge is -2.08. The van der Waals surface area contributed by atoms with E-state index in [1.807, 2.05) is 31.2 Å². The van der Waals surface area contributed by atoms with Gasteiger partial charge >= 0.3 is 0 Å². The van der Waals surface area contributed by atoms with Gasteiger partial charge in [-0.2, -0.15) is 5.10 Å². The highest BCUT2D eigenvalue weighted by atomic mass is 79.9. The molecular weight excluding hydrogens is 318 g/mol. The summed E-state index contributed by atoms with van der Waals surface area (Å²) in [6.45, 7) is 1.96. The molecule has 1 aromatic heterocycles. The number of nitrogens with one attached hydrogen (secondary N) is 2. The van der Waals surface area contributed by atoms with Crippen LogP contribution in [0, 0.1) is 6.92 Å². The number of hydrogen-bond acceptors (Lipinski definition) is 2. The fourth-order valence-corrected chi connectivity index (χ4v) is 2.52. The average molecular weight is 330 g/mol. The molecule has 2 N–H and O–H groups in total. The van der Waals surface area contributed by atoms with Crippen LogP contribution in [-0.2, 0) is 0 Å². The third kappa shape index (κ3) is 2.44. The Hall–Kier alpha value is -2.14. The van der Waals surface area contributed by atoms with Crippen LogP contribution < -0.4 is 5.32 Å². The number of halogens is 1. The third-order valence-electron chi connectivity index (χ3n) is 3.14. The van der Waals surface area contributed by atoms with Gasteiger partial charge in [0.15, 0.2) is 0 Å². The minimum Gasteiger partial charge on any atom is -0.322 e. The van der Waals surface area contributed by atoms with E-state index in [0.717, 1.165) is 26.6 Å². The van der Waals surface area contributed by atoms with E-state index in [0.29, 0.717) is 5.56 Å². The Bertz CT molecular complexity index is 795. The van der Waals surface area contributed by atoms with Crippen molar-refractivity contribution < 1.29 is 4.79 Å². The second-order valence-corrected chi connectivity index (χ2v) is 5.50. The number of nitrogens with zero attached hydrogens (tertiary/aromatic N) is 1. The second kappa shape index (κ2) is 5.09. The van der Waals surface area contributed by atoms with Crippen molar-refractivity contribution in [2.45, 2.75) is 6.92 Å². The Labute approximate surface area is 124 Å². The molecule has 0 aliphatic heterocycles. The molecule has 0 bridgehead atoms. The zero-order chi connectivity index (χ0) is 14.1. The Kier molecular flexibility index (Phi) is 3.28. The van der Waals surface area contributed by atoms with Crippen LogP contribution >= 0.6 is 15.9 Å². The molecule has 0 spiro atoms. The fourth-order valence-electron chi connectivity index (χ4n) is 2.04. The van der Waals surface area contributed by atoms with E-state index in [1.165, 1.54) is 0 Å². The van der Waals surface area contributed by atoms with Crippen LogP contribution in [0.15, 0.2) is 47.1 Å². The number of benzene rings is 2. The standard InChI is InChI=1S/C15H12BrN3O/c1-9-6-12(16)4-5-13(9)18-15(20)10-2-3-11-8-17-19-14(11)7-10/h2-8H,1H3,(H,17,19)(H,18,20). The summed E-state index contributed by atoms with van der Waals surface area (Å²) < 4.78 is 0.992. The van der Waals surface area contributed by atoms with Gasteiger partial charge in [0.05, 0.1) is 11.7 Å². The topological polar surface area (TPSA) is 57.8 Å². The maximum atomic E-state index is 12.3. The average Bonchev–Trinajstić information content (AvgIpc) is 2.89. The van der Waals surface area contributed by atoms with Crippen LogP contribution in [0.4, 0.5) is 5.69 Å². The van der Waals surface area contributed by atoms with Gasteiger partial charge in [-0.15, -0.1) is 0 Å². The molecule has 4 nitrogen and oxygen atoms in total. The molecule has 3 aromatic rings. The SMILES string of the molecule is Cc1cc(Br)ccc1NC(=O)c1ccc2cn[nH]c2c1. The highest BCUT2D eigenvalue weighted by Gasteiger charge is 2.09. The van der Waals surface area contributed by atoms with Gasteiger partial charge in [0.1, 0.15) is 0 Å². The molecule has 0 saturated carbocycles. The molecular formula is C15H12BrN3O. The van der Waals surface area contributed by atoms with Crippen LogP contribution in [0.5, 0.6) is 0 Å². The summed E-state index contributed by atoms with van der Waals surface area (Å²) in [6, 6.07) is 11.2. The number of carbonyl (C=O) groups excluding carboxylic acids is 1. The molecule has 0 unspecified atom stereocenters. The lowest BCUT2D eigenvalue weighted by molar-refractivity contribution is 0.102. The Morgan fingerprint density at radius 1 is 1.25 bits per heavy atom. The lowest BCUT2D eigenvalue weighted by Crippen LogP contribution is -2.12. The van der Waals surface area contributed by atoms with E-state index in [1.54, 1.807) is 18.3 Å². The van der Waals surface area contributed by atoms with E-state index in [2.05, 4.69) is 31.4 Å². The Morgan fingerprint density at radius 3 is 2.90 bits per heavy atom. The van der Waals surface area contributed by atoms with Crippen molar-refractivity contribution in [3.63, 3.8) is 0 Å². The van der Waals surface area contributed by atoms with Gasteiger partial charge in [0.2, 0.25) is 0 Å². The summed E-state index contributed by atoms with van der Waals surface area (Å²) in [4.78, 5) is 12.3. The summed E-state index contributed by atoms with van der Waals surface area (Å²) in [7, 11) is 0. The normalized spacial score (nSPS) is 10.7. The molecule has 1 heterocycles. The molecule has 0 aliphatic rings. The number of aromatic amines is 1. The number of H-pyrrole nitrogens is 1.